The molecule has 1 aliphatic heterocycles. The van der Waals surface area contributed by atoms with Crippen LogP contribution in [0, 0.1) is 5.92 Å². The molecule has 1 atom stereocenters. The Morgan fingerprint density at radius 2 is 2.43 bits per heavy atom. The van der Waals surface area contributed by atoms with Gasteiger partial charge in [0.2, 0.25) is 5.91 Å². The Bertz CT molecular complexity index is 758. The van der Waals surface area contributed by atoms with Crippen LogP contribution in [0.2, 0.25) is 0 Å². The summed E-state index contributed by atoms with van der Waals surface area (Å²) in [6.45, 7) is 4.45. The lowest BCUT2D eigenvalue weighted by Crippen LogP contribution is -2.32. The number of likely N-dealkylation sites (tertiary alicyclic amines) is 1. The maximum Gasteiger partial charge on any atom is 0.253 e. The lowest BCUT2D eigenvalue weighted by molar-refractivity contribution is -0.123. The molecule has 0 bridgehead atoms. The lowest BCUT2D eigenvalue weighted by atomic mass is 10.1. The van der Waals surface area contributed by atoms with Gasteiger partial charge in [-0.1, -0.05) is 6.58 Å². The Kier molecular flexibility index (Phi) is 3.37. The first-order chi connectivity index (χ1) is 10.6. The van der Waals surface area contributed by atoms with Crippen molar-refractivity contribution in [3.8, 4) is 0 Å². The molecule has 0 spiro atoms. The van der Waals surface area contributed by atoms with Crippen LogP contribution in [0.3, 0.4) is 0 Å². The van der Waals surface area contributed by atoms with E-state index < -0.39 is 0 Å². The van der Waals surface area contributed by atoms with Gasteiger partial charge in [-0.05, 0) is 30.8 Å². The third kappa shape index (κ3) is 2.67. The average molecular weight is 303 g/mol. The van der Waals surface area contributed by atoms with E-state index in [2.05, 4.69) is 16.9 Å². The van der Waals surface area contributed by atoms with Crippen molar-refractivity contribution < 1.29 is 11.0 Å². The highest BCUT2D eigenvalue weighted by Gasteiger charge is 2.31. The molecular weight excluding hydrogens is 286 g/mol. The van der Waals surface area contributed by atoms with E-state index in [1.807, 2.05) is 6.07 Å². The normalized spacial score (nSPS) is 18.6. The zero-order chi connectivity index (χ0) is 15.7. The molecule has 1 aromatic heterocycles. The first-order valence-corrected chi connectivity index (χ1v) is 7.48. The maximum atomic E-state index is 12.5. The van der Waals surface area contributed by atoms with E-state index in [1.165, 1.54) is 17.5 Å². The Labute approximate surface area is 127 Å². The summed E-state index contributed by atoms with van der Waals surface area (Å²) in [5, 5.41) is 2.57. The molecule has 2 aromatic rings. The fourth-order valence-corrected chi connectivity index (χ4v) is 3.09. The number of amides is 2. The van der Waals surface area contributed by atoms with Crippen molar-refractivity contribution in [3.63, 3.8) is 0 Å². The number of thiazole rings is 1. The molecule has 1 saturated heterocycles. The molecule has 6 heteroatoms. The highest BCUT2D eigenvalue weighted by molar-refractivity contribution is 7.16. The molecular formula is C15H15N3O2S. The largest absolute Gasteiger partial charge is 0.338 e. The van der Waals surface area contributed by atoms with Crippen molar-refractivity contribution in [2.24, 2.45) is 5.92 Å². The highest BCUT2D eigenvalue weighted by Crippen LogP contribution is 2.22. The lowest BCUT2D eigenvalue weighted by Gasteiger charge is -2.16. The molecule has 2 amide bonds. The number of rotatable bonds is 3. The summed E-state index contributed by atoms with van der Waals surface area (Å²) in [7, 11) is 0. The standard InChI is InChI=1S/C15H15N3O2S/c1-2-16-14(19)11-5-6-18(8-11)15(20)10-3-4-13-12(7-10)17-9-21-13/h2-4,7,9,11H,1,5-6,8H2,(H,16,19)/i9T. The summed E-state index contributed by atoms with van der Waals surface area (Å²) < 4.78 is 8.44. The van der Waals surface area contributed by atoms with Gasteiger partial charge in [0, 0.05) is 18.7 Å². The predicted octanol–water partition coefficient (Wildman–Crippen LogP) is 2.02. The van der Waals surface area contributed by atoms with Crippen molar-refractivity contribution in [2.75, 3.05) is 13.1 Å². The summed E-state index contributed by atoms with van der Waals surface area (Å²) in [6.07, 6.45) is 2.02. The van der Waals surface area contributed by atoms with E-state index in [0.29, 0.717) is 30.6 Å². The molecule has 2 heterocycles. The summed E-state index contributed by atoms with van der Waals surface area (Å²) in [5.74, 6) is -0.390. The van der Waals surface area contributed by atoms with Crippen LogP contribution in [0.15, 0.2) is 36.5 Å². The zero-order valence-electron chi connectivity index (χ0n) is 12.3. The molecule has 1 N–H and O–H groups in total. The van der Waals surface area contributed by atoms with Gasteiger partial charge in [-0.25, -0.2) is 4.98 Å². The fraction of sp³-hybridized carbons (Fsp3) is 0.267. The van der Waals surface area contributed by atoms with Gasteiger partial charge in [0.25, 0.3) is 5.91 Å². The van der Waals surface area contributed by atoms with Crippen LogP contribution in [-0.2, 0) is 4.79 Å². The molecule has 1 aliphatic rings. The quantitative estimate of drug-likeness (QED) is 0.943. The summed E-state index contributed by atoms with van der Waals surface area (Å²) in [5.41, 5.74) is 1.45. The summed E-state index contributed by atoms with van der Waals surface area (Å²) in [4.78, 5) is 30.1. The van der Waals surface area contributed by atoms with Crippen molar-refractivity contribution >= 4 is 33.4 Å². The second-order valence-corrected chi connectivity index (χ2v) is 5.76. The van der Waals surface area contributed by atoms with E-state index in [1.54, 1.807) is 17.0 Å². The number of aromatic nitrogens is 1. The van der Waals surface area contributed by atoms with Gasteiger partial charge in [-0.2, -0.15) is 0 Å². The predicted molar refractivity (Wildman–Crippen MR) is 82.0 cm³/mol. The van der Waals surface area contributed by atoms with E-state index in [4.69, 9.17) is 1.37 Å². The highest BCUT2D eigenvalue weighted by atomic mass is 32.1. The molecule has 1 unspecified atom stereocenters. The Morgan fingerprint density at radius 1 is 1.57 bits per heavy atom. The van der Waals surface area contributed by atoms with E-state index in [9.17, 15) is 9.59 Å². The molecule has 3 rings (SSSR count). The molecule has 1 fully saturated rings. The fourth-order valence-electron chi connectivity index (χ4n) is 2.51. The topological polar surface area (TPSA) is 62.3 Å². The van der Waals surface area contributed by atoms with Crippen molar-refractivity contribution in [1.82, 2.24) is 15.2 Å². The number of nitrogens with one attached hydrogen (secondary N) is 1. The third-order valence-corrected chi connectivity index (χ3v) is 4.37. The number of carbonyl (C=O) groups excluding carboxylic acids is 2. The van der Waals surface area contributed by atoms with Crippen molar-refractivity contribution in [1.29, 1.82) is 0 Å². The molecule has 0 saturated carbocycles. The molecule has 108 valence electrons. The summed E-state index contributed by atoms with van der Waals surface area (Å²) >= 11 is 1.28. The second-order valence-electron chi connectivity index (χ2n) is 4.94. The third-order valence-electron chi connectivity index (χ3n) is 3.62. The number of carbonyl (C=O) groups is 2. The maximum absolute atomic E-state index is 12.5. The molecule has 5 nitrogen and oxygen atoms in total. The second kappa shape index (κ2) is 5.65. The number of hydrogen-bond donors (Lipinski definition) is 1. The number of fused-ring (bicyclic) bond motifs is 1. The molecule has 21 heavy (non-hydrogen) atoms. The van der Waals surface area contributed by atoms with Crippen LogP contribution in [0.5, 0.6) is 0 Å². The van der Waals surface area contributed by atoms with E-state index >= 15 is 0 Å². The summed E-state index contributed by atoms with van der Waals surface area (Å²) in [6, 6.07) is 5.28. The Balaban J connectivity index is 1.75. The molecule has 0 radical (unpaired) electrons. The Hall–Kier alpha value is -2.21. The smallest absolute Gasteiger partial charge is 0.253 e. The first kappa shape index (κ1) is 12.5. The van der Waals surface area contributed by atoms with Crippen LogP contribution in [-0.4, -0.2) is 34.8 Å². The van der Waals surface area contributed by atoms with Crippen LogP contribution in [0.4, 0.5) is 0 Å². The van der Waals surface area contributed by atoms with E-state index in [-0.39, 0.29) is 23.2 Å². The minimum absolute atomic E-state index is 0.0981. The van der Waals surface area contributed by atoms with Crippen LogP contribution >= 0.6 is 11.3 Å². The first-order valence-electron chi connectivity index (χ1n) is 7.16. The van der Waals surface area contributed by atoms with Gasteiger partial charge in [0.1, 0.15) is 0 Å². The average Bonchev–Trinajstić information content (AvgIpc) is 3.11. The van der Waals surface area contributed by atoms with Crippen LogP contribution in [0.1, 0.15) is 18.1 Å². The number of benzene rings is 1. The minimum atomic E-state index is -0.190. The molecule has 0 aliphatic carbocycles. The van der Waals surface area contributed by atoms with Crippen LogP contribution < -0.4 is 5.32 Å². The van der Waals surface area contributed by atoms with Gasteiger partial charge in [0.15, 0.2) is 0 Å². The van der Waals surface area contributed by atoms with Gasteiger partial charge >= 0.3 is 0 Å². The zero-order valence-corrected chi connectivity index (χ0v) is 12.2. The Morgan fingerprint density at radius 3 is 3.24 bits per heavy atom. The number of nitrogens with zero attached hydrogens (tertiary/aromatic N) is 2. The van der Waals surface area contributed by atoms with Gasteiger partial charge in [0.05, 0.1) is 23.0 Å². The molecule has 1 aromatic carbocycles. The van der Waals surface area contributed by atoms with Crippen molar-refractivity contribution in [3.05, 3.63) is 42.0 Å². The van der Waals surface area contributed by atoms with E-state index in [0.717, 1.165) is 4.70 Å². The van der Waals surface area contributed by atoms with Gasteiger partial charge < -0.3 is 10.2 Å². The minimum Gasteiger partial charge on any atom is -0.338 e. The van der Waals surface area contributed by atoms with Gasteiger partial charge in [-0.3, -0.25) is 9.59 Å². The monoisotopic (exact) mass is 303 g/mol. The van der Waals surface area contributed by atoms with Crippen molar-refractivity contribution in [2.45, 2.75) is 6.42 Å². The SMILES string of the molecule is [3H]c1nc2cc(C(=O)N3CCC(C(=O)NC=C)C3)ccc2s1. The van der Waals surface area contributed by atoms with Gasteiger partial charge in [-0.15, -0.1) is 11.3 Å². The van der Waals surface area contributed by atoms with Crippen LogP contribution in [0.25, 0.3) is 10.2 Å². The number of hydrogen-bond acceptors (Lipinski definition) is 4.